The molecular weight excluding hydrogens is 266 g/mol. The smallest absolute Gasteiger partial charge is 0.435 e. The molecule has 0 saturated carbocycles. The minimum atomic E-state index is -4.93. The standard InChI is InChI=1S/C10H6F6O2/c1-7(17)18-8(2,3-5-9(11,12)13)4-6-10(14,15)16/h1-2H3. The van der Waals surface area contributed by atoms with E-state index < -0.39 is 23.9 Å². The van der Waals surface area contributed by atoms with Crippen LogP contribution in [0.4, 0.5) is 26.3 Å². The maximum absolute atomic E-state index is 11.8. The van der Waals surface area contributed by atoms with E-state index in [-0.39, 0.29) is 0 Å². The number of ether oxygens (including phenoxy) is 1. The molecule has 0 aliphatic heterocycles. The zero-order valence-corrected chi connectivity index (χ0v) is 9.08. The summed E-state index contributed by atoms with van der Waals surface area (Å²) in [6, 6.07) is 0. The molecule has 0 aliphatic carbocycles. The Balaban J connectivity index is 5.35. The molecule has 100 valence electrons. The Kier molecular flexibility index (Phi) is 4.68. The lowest BCUT2D eigenvalue weighted by Gasteiger charge is -2.16. The van der Waals surface area contributed by atoms with Gasteiger partial charge in [-0.3, -0.25) is 4.79 Å². The predicted octanol–water partition coefficient (Wildman–Crippen LogP) is 2.44. The number of alkyl halides is 6. The maximum atomic E-state index is 11.8. The monoisotopic (exact) mass is 272 g/mol. The fourth-order valence-corrected chi connectivity index (χ4v) is 0.750. The highest BCUT2D eigenvalue weighted by molar-refractivity contribution is 5.67. The molecule has 0 spiro atoms. The molecule has 0 aromatic heterocycles. The van der Waals surface area contributed by atoms with Crippen molar-refractivity contribution in [2.24, 2.45) is 0 Å². The van der Waals surface area contributed by atoms with Crippen LogP contribution in [0.2, 0.25) is 0 Å². The van der Waals surface area contributed by atoms with Crippen molar-refractivity contribution in [3.8, 4) is 23.7 Å². The Morgan fingerprint density at radius 1 is 0.889 bits per heavy atom. The normalized spacial score (nSPS) is 11.8. The first-order valence-corrected chi connectivity index (χ1v) is 4.25. The number of hydrogen-bond donors (Lipinski definition) is 0. The summed E-state index contributed by atoms with van der Waals surface area (Å²) in [5.41, 5.74) is -2.48. The van der Waals surface area contributed by atoms with E-state index in [4.69, 9.17) is 0 Å². The van der Waals surface area contributed by atoms with Gasteiger partial charge >= 0.3 is 18.3 Å². The highest BCUT2D eigenvalue weighted by Crippen LogP contribution is 2.17. The van der Waals surface area contributed by atoms with Crippen molar-refractivity contribution >= 4 is 5.97 Å². The molecule has 0 amide bonds. The molecule has 2 nitrogen and oxygen atoms in total. The van der Waals surface area contributed by atoms with E-state index in [1.807, 2.05) is 0 Å². The van der Waals surface area contributed by atoms with E-state index in [0.29, 0.717) is 11.8 Å². The fourth-order valence-electron chi connectivity index (χ4n) is 0.750. The van der Waals surface area contributed by atoms with Crippen LogP contribution in [0.5, 0.6) is 0 Å². The van der Waals surface area contributed by atoms with Crippen LogP contribution in [-0.4, -0.2) is 23.9 Å². The van der Waals surface area contributed by atoms with Crippen molar-refractivity contribution in [3.63, 3.8) is 0 Å². The van der Waals surface area contributed by atoms with Gasteiger partial charge in [0.15, 0.2) is 0 Å². The van der Waals surface area contributed by atoms with Crippen LogP contribution in [0.3, 0.4) is 0 Å². The van der Waals surface area contributed by atoms with Gasteiger partial charge in [0, 0.05) is 18.8 Å². The third-order valence-corrected chi connectivity index (χ3v) is 1.23. The average molecular weight is 272 g/mol. The molecule has 0 rings (SSSR count). The van der Waals surface area contributed by atoms with Gasteiger partial charge in [0.25, 0.3) is 0 Å². The second kappa shape index (κ2) is 5.21. The molecule has 0 heterocycles. The summed E-state index contributed by atoms with van der Waals surface area (Å²) in [5, 5.41) is 0. The van der Waals surface area contributed by atoms with E-state index in [1.165, 1.54) is 11.8 Å². The van der Waals surface area contributed by atoms with Gasteiger partial charge in [-0.15, -0.1) is 0 Å². The van der Waals surface area contributed by atoms with Crippen molar-refractivity contribution in [3.05, 3.63) is 0 Å². The molecule has 0 aliphatic rings. The van der Waals surface area contributed by atoms with E-state index >= 15 is 0 Å². The molecular formula is C10H6F6O2. The van der Waals surface area contributed by atoms with Crippen molar-refractivity contribution in [1.82, 2.24) is 0 Å². The highest BCUT2D eigenvalue weighted by atomic mass is 19.4. The first-order valence-electron chi connectivity index (χ1n) is 4.25. The van der Waals surface area contributed by atoms with Gasteiger partial charge < -0.3 is 4.74 Å². The average Bonchev–Trinajstić information content (AvgIpc) is 2.09. The van der Waals surface area contributed by atoms with Crippen molar-refractivity contribution in [2.45, 2.75) is 31.8 Å². The van der Waals surface area contributed by atoms with E-state index in [1.54, 1.807) is 0 Å². The first-order chi connectivity index (χ1) is 7.83. The third-order valence-electron chi connectivity index (χ3n) is 1.23. The molecule has 0 atom stereocenters. The lowest BCUT2D eigenvalue weighted by Crippen LogP contribution is -2.28. The van der Waals surface area contributed by atoms with Crippen LogP contribution in [-0.2, 0) is 9.53 Å². The summed E-state index contributed by atoms with van der Waals surface area (Å²) in [5.74, 6) is 3.00. The zero-order valence-electron chi connectivity index (χ0n) is 9.08. The van der Waals surface area contributed by atoms with Crippen LogP contribution in [0.25, 0.3) is 0 Å². The van der Waals surface area contributed by atoms with Crippen LogP contribution < -0.4 is 0 Å². The van der Waals surface area contributed by atoms with Gasteiger partial charge in [0.2, 0.25) is 5.60 Å². The van der Waals surface area contributed by atoms with Crippen molar-refractivity contribution in [2.75, 3.05) is 0 Å². The van der Waals surface area contributed by atoms with Gasteiger partial charge in [0.05, 0.1) is 0 Å². The summed E-state index contributed by atoms with van der Waals surface area (Å²) >= 11 is 0. The highest BCUT2D eigenvalue weighted by Gasteiger charge is 2.30. The van der Waals surface area contributed by atoms with Gasteiger partial charge in [0.1, 0.15) is 0 Å². The van der Waals surface area contributed by atoms with E-state index in [2.05, 4.69) is 4.74 Å². The van der Waals surface area contributed by atoms with Crippen LogP contribution in [0.1, 0.15) is 13.8 Å². The topological polar surface area (TPSA) is 26.3 Å². The lowest BCUT2D eigenvalue weighted by molar-refractivity contribution is -0.146. The predicted molar refractivity (Wildman–Crippen MR) is 47.8 cm³/mol. The number of carbonyl (C=O) groups is 1. The van der Waals surface area contributed by atoms with Gasteiger partial charge in [-0.2, -0.15) is 26.3 Å². The SMILES string of the molecule is CC(=O)OC(C)(C#CC(F)(F)F)C#CC(F)(F)F. The number of esters is 1. The molecule has 0 saturated heterocycles. The summed E-state index contributed by atoms with van der Waals surface area (Å²) in [6.07, 6.45) is -9.86. The maximum Gasteiger partial charge on any atom is 0.457 e. The van der Waals surface area contributed by atoms with E-state index in [0.717, 1.165) is 13.8 Å². The third kappa shape index (κ3) is 8.34. The van der Waals surface area contributed by atoms with Crippen molar-refractivity contribution in [1.29, 1.82) is 0 Å². The zero-order chi connectivity index (χ0) is 14.6. The summed E-state index contributed by atoms with van der Waals surface area (Å²) in [6.45, 7) is 1.54. The quantitative estimate of drug-likeness (QED) is 0.416. The molecule has 0 bridgehead atoms. The van der Waals surface area contributed by atoms with Crippen molar-refractivity contribution < 1.29 is 35.9 Å². The first kappa shape index (κ1) is 16.2. The summed E-state index contributed by atoms with van der Waals surface area (Å²) in [7, 11) is 0. The minimum Gasteiger partial charge on any atom is -0.435 e. The van der Waals surface area contributed by atoms with E-state index in [9.17, 15) is 31.1 Å². The van der Waals surface area contributed by atoms with Gasteiger partial charge in [-0.25, -0.2) is 0 Å². The largest absolute Gasteiger partial charge is 0.457 e. The fraction of sp³-hybridized carbons (Fsp3) is 0.500. The second-order valence-corrected chi connectivity index (χ2v) is 3.12. The Morgan fingerprint density at radius 3 is 1.44 bits per heavy atom. The summed E-state index contributed by atoms with van der Waals surface area (Å²) in [4.78, 5) is 10.6. The molecule has 0 N–H and O–H groups in total. The number of carbonyl (C=O) groups excluding carboxylic acids is 1. The molecule has 0 unspecified atom stereocenters. The Morgan fingerprint density at radius 2 is 1.22 bits per heavy atom. The summed E-state index contributed by atoms with van der Waals surface area (Å²) < 4.78 is 75.1. The van der Waals surface area contributed by atoms with Crippen LogP contribution >= 0.6 is 0 Å². The Bertz CT molecular complexity index is 405. The Labute approximate surface area is 98.3 Å². The van der Waals surface area contributed by atoms with Crippen LogP contribution in [0, 0.1) is 23.7 Å². The Hall–Kier alpha value is -1.83. The molecule has 0 radical (unpaired) electrons. The molecule has 18 heavy (non-hydrogen) atoms. The molecule has 0 aromatic rings. The second-order valence-electron chi connectivity index (χ2n) is 3.12. The molecule has 8 heteroatoms. The van der Waals surface area contributed by atoms with Gasteiger partial charge in [-0.1, -0.05) is 0 Å². The van der Waals surface area contributed by atoms with Gasteiger partial charge in [-0.05, 0) is 18.8 Å². The number of halogens is 6. The number of rotatable bonds is 1. The molecule has 0 fully saturated rings. The van der Waals surface area contributed by atoms with Crippen LogP contribution in [0.15, 0.2) is 0 Å². The minimum absolute atomic E-state index is 0.707. The lowest BCUT2D eigenvalue weighted by atomic mass is 10.1. The number of hydrogen-bond acceptors (Lipinski definition) is 2. The molecule has 0 aromatic carbocycles.